The van der Waals surface area contributed by atoms with Crippen LogP contribution in [0.1, 0.15) is 41.7 Å². The summed E-state index contributed by atoms with van der Waals surface area (Å²) < 4.78 is 5.71. The summed E-state index contributed by atoms with van der Waals surface area (Å²) in [5.74, 6) is 0.0582. The van der Waals surface area contributed by atoms with E-state index < -0.39 is 0 Å². The maximum Gasteiger partial charge on any atom is 0.338 e. The summed E-state index contributed by atoms with van der Waals surface area (Å²) >= 11 is 0. The lowest BCUT2D eigenvalue weighted by molar-refractivity contribution is 0.0408. The number of pyridine rings is 2. The van der Waals surface area contributed by atoms with Gasteiger partial charge >= 0.3 is 5.97 Å². The topological polar surface area (TPSA) is 107 Å². The van der Waals surface area contributed by atoms with Gasteiger partial charge in [-0.3, -0.25) is 9.97 Å². The highest BCUT2D eigenvalue weighted by atomic mass is 16.5. The number of carbonyl (C=O) groups is 1. The van der Waals surface area contributed by atoms with Gasteiger partial charge in [0, 0.05) is 28.9 Å². The maximum absolute atomic E-state index is 13.0. The summed E-state index contributed by atoms with van der Waals surface area (Å²) in [5.41, 5.74) is 11.5. The van der Waals surface area contributed by atoms with Crippen molar-refractivity contribution in [1.82, 2.24) is 19.9 Å². The fourth-order valence-corrected chi connectivity index (χ4v) is 4.49. The minimum atomic E-state index is -0.322. The molecule has 0 unspecified atom stereocenters. The summed E-state index contributed by atoms with van der Waals surface area (Å²) in [6, 6.07) is 13.7. The molecule has 1 aliphatic rings. The Morgan fingerprint density at radius 3 is 2.79 bits per heavy atom. The number of aromatic nitrogens is 4. The van der Waals surface area contributed by atoms with Crippen LogP contribution < -0.4 is 5.73 Å². The molecule has 7 heteroatoms. The van der Waals surface area contributed by atoms with E-state index in [2.05, 4.69) is 19.9 Å². The number of esters is 1. The first-order valence-corrected chi connectivity index (χ1v) is 11.4. The summed E-state index contributed by atoms with van der Waals surface area (Å²) in [4.78, 5) is 29.8. The average Bonchev–Trinajstić information content (AvgIpc) is 3.33. The lowest BCUT2D eigenvalue weighted by Gasteiger charge is -2.25. The van der Waals surface area contributed by atoms with Crippen molar-refractivity contribution in [2.24, 2.45) is 11.7 Å². The molecule has 0 aliphatic heterocycles. The van der Waals surface area contributed by atoms with Crippen molar-refractivity contribution in [3.63, 3.8) is 0 Å². The predicted octanol–water partition coefficient (Wildman–Crippen LogP) is 4.67. The van der Waals surface area contributed by atoms with Crippen LogP contribution in [0.4, 0.5) is 0 Å². The van der Waals surface area contributed by atoms with E-state index in [0.29, 0.717) is 18.1 Å². The van der Waals surface area contributed by atoms with Crippen LogP contribution in [0.15, 0.2) is 55.0 Å². The number of nitrogens with one attached hydrogen (secondary N) is 1. The zero-order valence-electron chi connectivity index (χ0n) is 18.6. The second-order valence-electron chi connectivity index (χ2n) is 8.76. The van der Waals surface area contributed by atoms with Gasteiger partial charge in [-0.2, -0.15) is 0 Å². The molecule has 0 bridgehead atoms. The van der Waals surface area contributed by atoms with Crippen molar-refractivity contribution in [3.05, 3.63) is 66.2 Å². The lowest BCUT2D eigenvalue weighted by atomic mass is 9.87. The second-order valence-corrected chi connectivity index (χ2v) is 8.76. The van der Waals surface area contributed by atoms with E-state index in [1.165, 1.54) is 0 Å². The minimum Gasteiger partial charge on any atom is -0.462 e. The number of nitrogens with two attached hydrogens (primary N) is 1. The molecule has 1 fully saturated rings. The minimum absolute atomic E-state index is 0.279. The number of H-pyrrole nitrogens is 1. The van der Waals surface area contributed by atoms with E-state index in [1.54, 1.807) is 18.6 Å². The van der Waals surface area contributed by atoms with E-state index in [0.717, 1.165) is 64.9 Å². The van der Waals surface area contributed by atoms with Crippen LogP contribution in [0.25, 0.3) is 33.5 Å². The van der Waals surface area contributed by atoms with Crippen LogP contribution in [0.5, 0.6) is 0 Å². The van der Waals surface area contributed by atoms with Crippen LogP contribution in [-0.2, 0) is 4.74 Å². The highest BCUT2D eigenvalue weighted by Gasteiger charge is 2.21. The molecular formula is C26H27N5O2. The molecule has 1 aromatic carbocycles. The molecular weight excluding hydrogens is 414 g/mol. The molecule has 3 aromatic heterocycles. The van der Waals surface area contributed by atoms with Crippen molar-refractivity contribution in [2.45, 2.75) is 38.6 Å². The first-order valence-electron chi connectivity index (χ1n) is 11.4. The van der Waals surface area contributed by atoms with Crippen molar-refractivity contribution >= 4 is 16.9 Å². The highest BCUT2D eigenvalue weighted by molar-refractivity contribution is 6.04. The molecule has 3 heterocycles. The third-order valence-corrected chi connectivity index (χ3v) is 6.36. The number of aromatic amines is 1. The van der Waals surface area contributed by atoms with Gasteiger partial charge in [0.25, 0.3) is 0 Å². The monoisotopic (exact) mass is 441 g/mol. The summed E-state index contributed by atoms with van der Waals surface area (Å²) in [7, 11) is 0. The molecule has 5 rings (SSSR count). The smallest absolute Gasteiger partial charge is 0.338 e. The van der Waals surface area contributed by atoms with Crippen molar-refractivity contribution in [1.29, 1.82) is 0 Å². The van der Waals surface area contributed by atoms with Crippen LogP contribution >= 0.6 is 0 Å². The van der Waals surface area contributed by atoms with E-state index in [1.807, 2.05) is 43.3 Å². The maximum atomic E-state index is 13.0. The van der Waals surface area contributed by atoms with E-state index in [9.17, 15) is 4.79 Å². The van der Waals surface area contributed by atoms with Gasteiger partial charge in [0.2, 0.25) is 0 Å². The average molecular weight is 442 g/mol. The molecule has 1 saturated carbocycles. The van der Waals surface area contributed by atoms with Crippen molar-refractivity contribution < 1.29 is 9.53 Å². The molecule has 168 valence electrons. The molecule has 0 amide bonds. The first-order chi connectivity index (χ1) is 16.1. The number of fused-ring (bicyclic) bond motifs is 1. The van der Waals surface area contributed by atoms with Crippen LogP contribution in [-0.4, -0.2) is 38.6 Å². The Kier molecular flexibility index (Phi) is 5.88. The largest absolute Gasteiger partial charge is 0.462 e. The zero-order chi connectivity index (χ0) is 22.8. The summed E-state index contributed by atoms with van der Waals surface area (Å²) in [5, 5.41) is 0.747. The molecule has 0 radical (unpaired) electrons. The molecule has 7 nitrogen and oxygen atoms in total. The van der Waals surface area contributed by atoms with Gasteiger partial charge in [0.15, 0.2) is 0 Å². The normalized spacial score (nSPS) is 18.4. The quantitative estimate of drug-likeness (QED) is 0.436. The third kappa shape index (κ3) is 4.50. The first kappa shape index (κ1) is 21.3. The number of carbonyl (C=O) groups excluding carboxylic acids is 1. The summed E-state index contributed by atoms with van der Waals surface area (Å²) in [6.45, 7) is 2.39. The number of hydrogen-bond donors (Lipinski definition) is 2. The zero-order valence-corrected chi connectivity index (χ0v) is 18.6. The Morgan fingerprint density at radius 1 is 1.12 bits per heavy atom. The Bertz CT molecular complexity index is 1290. The fourth-order valence-electron chi connectivity index (χ4n) is 4.49. The van der Waals surface area contributed by atoms with Crippen LogP contribution in [0.3, 0.4) is 0 Å². The Hall–Kier alpha value is -3.58. The Balaban J connectivity index is 1.44. The summed E-state index contributed by atoms with van der Waals surface area (Å²) in [6.07, 6.45) is 7.30. The van der Waals surface area contributed by atoms with Crippen molar-refractivity contribution in [3.8, 4) is 22.6 Å². The standard InChI is InChI=1S/C26H27N5O2/c1-16-3-2-4-23(31-16)25-24(29-15-30-25)18-7-10-22-21(13-18)20(11-12-28-22)26(32)33-14-17-5-8-19(27)9-6-17/h2-4,7,10-13,15,17,19H,5-6,8-9,14,27H2,1H3,(H,29,30). The van der Waals surface area contributed by atoms with Gasteiger partial charge in [-0.1, -0.05) is 12.1 Å². The van der Waals surface area contributed by atoms with E-state index >= 15 is 0 Å². The Morgan fingerprint density at radius 2 is 1.97 bits per heavy atom. The van der Waals surface area contributed by atoms with Gasteiger partial charge in [0.05, 0.1) is 41.1 Å². The Labute approximate surface area is 192 Å². The lowest BCUT2D eigenvalue weighted by Crippen LogP contribution is -2.28. The molecule has 4 aromatic rings. The van der Waals surface area contributed by atoms with Crippen molar-refractivity contribution in [2.75, 3.05) is 6.61 Å². The molecule has 1 aliphatic carbocycles. The van der Waals surface area contributed by atoms with Gasteiger partial charge in [-0.05, 0) is 68.9 Å². The van der Waals surface area contributed by atoms with E-state index in [-0.39, 0.29) is 12.0 Å². The SMILES string of the molecule is Cc1cccc(-c2[nH]cnc2-c2ccc3nccc(C(=O)OCC4CCC(N)CC4)c3c2)n1. The predicted molar refractivity (Wildman–Crippen MR) is 128 cm³/mol. The number of imidazole rings is 1. The van der Waals surface area contributed by atoms with Gasteiger partial charge in [-0.15, -0.1) is 0 Å². The number of aryl methyl sites for hydroxylation is 1. The molecule has 3 N–H and O–H groups in total. The van der Waals surface area contributed by atoms with E-state index in [4.69, 9.17) is 10.5 Å². The number of nitrogens with zero attached hydrogens (tertiary/aromatic N) is 3. The van der Waals surface area contributed by atoms with Gasteiger partial charge < -0.3 is 15.5 Å². The third-order valence-electron chi connectivity index (χ3n) is 6.36. The van der Waals surface area contributed by atoms with Crippen LogP contribution in [0.2, 0.25) is 0 Å². The number of hydrogen-bond acceptors (Lipinski definition) is 6. The molecule has 0 atom stereocenters. The number of ether oxygens (including phenoxy) is 1. The van der Waals surface area contributed by atoms with Gasteiger partial charge in [0.1, 0.15) is 0 Å². The second kappa shape index (κ2) is 9.11. The number of rotatable bonds is 5. The highest BCUT2D eigenvalue weighted by Crippen LogP contribution is 2.31. The molecule has 33 heavy (non-hydrogen) atoms. The fraction of sp³-hybridized carbons (Fsp3) is 0.308. The van der Waals surface area contributed by atoms with Gasteiger partial charge in [-0.25, -0.2) is 9.78 Å². The number of benzene rings is 1. The van der Waals surface area contributed by atoms with Crippen LogP contribution in [0, 0.1) is 12.8 Å². The molecule has 0 saturated heterocycles. The molecule has 0 spiro atoms.